The number of hydrogen-bond donors (Lipinski definition) is 2. The molecule has 0 aromatic carbocycles. The molecule has 18 heavy (non-hydrogen) atoms. The van der Waals surface area contributed by atoms with Gasteiger partial charge in [-0.05, 0) is 6.42 Å². The summed E-state index contributed by atoms with van der Waals surface area (Å²) in [6.45, 7) is 3.77. The molecule has 5 nitrogen and oxygen atoms in total. The average molecular weight is 279 g/mol. The lowest BCUT2D eigenvalue weighted by atomic mass is 10.1. The van der Waals surface area contributed by atoms with Crippen LogP contribution in [0.3, 0.4) is 0 Å². The second-order valence-electron chi connectivity index (χ2n) is 4.81. The van der Waals surface area contributed by atoms with E-state index in [-0.39, 0.29) is 6.10 Å². The molecule has 108 valence electrons. The monoisotopic (exact) mass is 279 g/mol. The van der Waals surface area contributed by atoms with E-state index in [1.807, 2.05) is 0 Å². The quantitative estimate of drug-likeness (QED) is 0.449. The molecule has 0 saturated carbocycles. The highest BCUT2D eigenvalue weighted by Crippen LogP contribution is 2.45. The van der Waals surface area contributed by atoms with Gasteiger partial charge >= 0.3 is 7.82 Å². The van der Waals surface area contributed by atoms with Crippen LogP contribution in [0, 0.1) is 0 Å². The summed E-state index contributed by atoms with van der Waals surface area (Å²) in [6.07, 6.45) is 7.96. The minimum absolute atomic E-state index is 0.171. The molecular formula is C12H26NO4P. The molecule has 0 aromatic rings. The summed E-state index contributed by atoms with van der Waals surface area (Å²) < 4.78 is 21.4. The van der Waals surface area contributed by atoms with Crippen molar-refractivity contribution in [3.63, 3.8) is 0 Å². The van der Waals surface area contributed by atoms with Crippen LogP contribution in [0.1, 0.15) is 51.9 Å². The maximum Gasteiger partial charge on any atom is 0.472 e. The Kier molecular flexibility index (Phi) is 8.11. The van der Waals surface area contributed by atoms with E-state index in [0.717, 1.165) is 12.8 Å². The predicted molar refractivity (Wildman–Crippen MR) is 71.5 cm³/mol. The first-order valence-corrected chi connectivity index (χ1v) is 8.50. The Morgan fingerprint density at radius 3 is 2.33 bits per heavy atom. The average Bonchev–Trinajstić information content (AvgIpc) is 2.28. The Hall–Kier alpha value is 0.0700. The maximum atomic E-state index is 11.5. The standard InChI is InChI=1S/C12H26NO4P/c1-2-3-4-5-6-7-8-9-16-18(14,15)17-12-10-13-11-12/h12-13H,2-11H2,1H3,(H,14,15). The fourth-order valence-corrected chi connectivity index (χ4v) is 2.74. The lowest BCUT2D eigenvalue weighted by molar-refractivity contribution is 0.0740. The number of hydrogen-bond acceptors (Lipinski definition) is 4. The van der Waals surface area contributed by atoms with Crippen molar-refractivity contribution in [3.8, 4) is 0 Å². The third-order valence-electron chi connectivity index (χ3n) is 3.03. The molecule has 0 spiro atoms. The molecular weight excluding hydrogens is 253 g/mol. The predicted octanol–water partition coefficient (Wildman–Crippen LogP) is 2.84. The summed E-state index contributed by atoms with van der Waals surface area (Å²) in [5.74, 6) is 0. The van der Waals surface area contributed by atoms with E-state index in [4.69, 9.17) is 9.05 Å². The van der Waals surface area contributed by atoms with E-state index in [0.29, 0.717) is 19.7 Å². The largest absolute Gasteiger partial charge is 0.472 e. The number of phosphoric ester groups is 1. The highest BCUT2D eigenvalue weighted by molar-refractivity contribution is 7.47. The zero-order valence-corrected chi connectivity index (χ0v) is 12.2. The van der Waals surface area contributed by atoms with Crippen LogP contribution < -0.4 is 5.32 Å². The second-order valence-corrected chi connectivity index (χ2v) is 6.21. The summed E-state index contributed by atoms with van der Waals surface area (Å²) in [4.78, 5) is 9.41. The van der Waals surface area contributed by atoms with Gasteiger partial charge in [0, 0.05) is 13.1 Å². The van der Waals surface area contributed by atoms with Crippen LogP contribution in [-0.2, 0) is 13.6 Å². The Balaban J connectivity index is 1.91. The zero-order valence-electron chi connectivity index (χ0n) is 11.3. The molecule has 0 amide bonds. The summed E-state index contributed by atoms with van der Waals surface area (Å²) >= 11 is 0. The summed E-state index contributed by atoms with van der Waals surface area (Å²) in [5.41, 5.74) is 0. The number of unbranched alkanes of at least 4 members (excludes halogenated alkanes) is 6. The maximum absolute atomic E-state index is 11.5. The molecule has 1 rings (SSSR count). The first kappa shape index (κ1) is 16.1. The smallest absolute Gasteiger partial charge is 0.311 e. The van der Waals surface area contributed by atoms with E-state index in [1.165, 1.54) is 32.1 Å². The number of phosphoric acid groups is 1. The summed E-state index contributed by atoms with van der Waals surface area (Å²) in [7, 11) is -3.82. The normalized spacial score (nSPS) is 19.4. The van der Waals surface area contributed by atoms with Gasteiger partial charge in [-0.25, -0.2) is 4.57 Å². The third kappa shape index (κ3) is 7.49. The molecule has 0 bridgehead atoms. The van der Waals surface area contributed by atoms with Crippen LogP contribution in [0.15, 0.2) is 0 Å². The van der Waals surface area contributed by atoms with Crippen LogP contribution in [0.2, 0.25) is 0 Å². The van der Waals surface area contributed by atoms with Crippen molar-refractivity contribution >= 4 is 7.82 Å². The third-order valence-corrected chi connectivity index (χ3v) is 4.10. The molecule has 0 aliphatic carbocycles. The Labute approximate surface area is 110 Å². The molecule has 6 heteroatoms. The van der Waals surface area contributed by atoms with Crippen molar-refractivity contribution in [1.82, 2.24) is 5.32 Å². The van der Waals surface area contributed by atoms with Gasteiger partial charge in [0.25, 0.3) is 0 Å². The van der Waals surface area contributed by atoms with E-state index in [1.54, 1.807) is 0 Å². The highest BCUT2D eigenvalue weighted by atomic mass is 31.2. The van der Waals surface area contributed by atoms with Gasteiger partial charge in [0.1, 0.15) is 0 Å². The molecule has 1 heterocycles. The second kappa shape index (κ2) is 9.05. The van der Waals surface area contributed by atoms with Crippen molar-refractivity contribution in [2.75, 3.05) is 19.7 Å². The van der Waals surface area contributed by atoms with Crippen LogP contribution >= 0.6 is 7.82 Å². The Bertz CT molecular complexity index is 258. The van der Waals surface area contributed by atoms with Crippen molar-refractivity contribution < 1.29 is 18.5 Å². The highest BCUT2D eigenvalue weighted by Gasteiger charge is 2.29. The van der Waals surface area contributed by atoms with Crippen molar-refractivity contribution in [2.45, 2.75) is 58.0 Å². The van der Waals surface area contributed by atoms with Gasteiger partial charge in [-0.15, -0.1) is 0 Å². The van der Waals surface area contributed by atoms with Crippen LogP contribution in [0.4, 0.5) is 0 Å². The van der Waals surface area contributed by atoms with Gasteiger partial charge in [0.2, 0.25) is 0 Å². The van der Waals surface area contributed by atoms with E-state index >= 15 is 0 Å². The minimum atomic E-state index is -3.82. The van der Waals surface area contributed by atoms with Crippen molar-refractivity contribution in [3.05, 3.63) is 0 Å². The molecule has 1 saturated heterocycles. The summed E-state index contributed by atoms with van der Waals surface area (Å²) in [5, 5.41) is 2.97. The molecule has 1 unspecified atom stereocenters. The van der Waals surface area contributed by atoms with Gasteiger partial charge in [-0.2, -0.15) is 0 Å². The van der Waals surface area contributed by atoms with Crippen LogP contribution in [0.25, 0.3) is 0 Å². The number of nitrogens with one attached hydrogen (secondary N) is 1. The topological polar surface area (TPSA) is 67.8 Å². The van der Waals surface area contributed by atoms with Crippen LogP contribution in [0.5, 0.6) is 0 Å². The minimum Gasteiger partial charge on any atom is -0.311 e. The molecule has 0 aromatic heterocycles. The zero-order chi connectivity index (χ0) is 13.3. The van der Waals surface area contributed by atoms with Crippen molar-refractivity contribution in [1.29, 1.82) is 0 Å². The summed E-state index contributed by atoms with van der Waals surface area (Å²) in [6, 6.07) is 0. The molecule has 1 aliphatic rings. The first-order chi connectivity index (χ1) is 8.64. The molecule has 1 fully saturated rings. The van der Waals surface area contributed by atoms with Gasteiger partial charge in [-0.3, -0.25) is 9.05 Å². The van der Waals surface area contributed by atoms with Crippen LogP contribution in [-0.4, -0.2) is 30.7 Å². The molecule has 2 N–H and O–H groups in total. The van der Waals surface area contributed by atoms with E-state index in [9.17, 15) is 9.46 Å². The lowest BCUT2D eigenvalue weighted by Gasteiger charge is -2.28. The van der Waals surface area contributed by atoms with Crippen molar-refractivity contribution in [2.24, 2.45) is 0 Å². The van der Waals surface area contributed by atoms with Gasteiger partial charge in [0.15, 0.2) is 0 Å². The van der Waals surface area contributed by atoms with E-state index in [2.05, 4.69) is 12.2 Å². The fourth-order valence-electron chi connectivity index (χ4n) is 1.79. The first-order valence-electron chi connectivity index (χ1n) is 7.00. The number of rotatable bonds is 11. The van der Waals surface area contributed by atoms with Gasteiger partial charge in [-0.1, -0.05) is 45.4 Å². The SMILES string of the molecule is CCCCCCCCCOP(=O)(O)OC1CNC1. The lowest BCUT2D eigenvalue weighted by Crippen LogP contribution is -2.47. The van der Waals surface area contributed by atoms with E-state index < -0.39 is 7.82 Å². The molecule has 0 radical (unpaired) electrons. The fraction of sp³-hybridized carbons (Fsp3) is 1.00. The Morgan fingerprint density at radius 1 is 1.17 bits per heavy atom. The molecule has 1 aliphatic heterocycles. The van der Waals surface area contributed by atoms with Gasteiger partial charge in [0.05, 0.1) is 12.7 Å². The molecule has 1 atom stereocenters. The van der Waals surface area contributed by atoms with Gasteiger partial charge < -0.3 is 10.2 Å². The Morgan fingerprint density at radius 2 is 1.78 bits per heavy atom.